The summed E-state index contributed by atoms with van der Waals surface area (Å²) in [6.07, 6.45) is 18.4. The highest BCUT2D eigenvalue weighted by Gasteiger charge is 2.20. The lowest BCUT2D eigenvalue weighted by molar-refractivity contribution is -0.142. The minimum atomic E-state index is -1.17. The molecule has 17 heteroatoms. The van der Waals surface area contributed by atoms with Gasteiger partial charge < -0.3 is 50.4 Å². The average Bonchev–Trinajstić information content (AvgIpc) is 3.25. The number of carbonyl (C=O) groups excluding carboxylic acids is 4. The number of alkyl halides is 1. The van der Waals surface area contributed by atoms with E-state index in [1.165, 1.54) is 63.4 Å². The van der Waals surface area contributed by atoms with Gasteiger partial charge in [-0.2, -0.15) is 0 Å². The Kier molecular flexibility index (Phi) is 36.9. The highest BCUT2D eigenvalue weighted by atomic mass is 127. The minimum absolute atomic E-state index is 0.0178. The van der Waals surface area contributed by atoms with Gasteiger partial charge in [0.25, 0.3) is 0 Å². The molecule has 0 unspecified atom stereocenters. The largest absolute Gasteiger partial charge is 0.481 e. The molecule has 0 aliphatic carbocycles. The van der Waals surface area contributed by atoms with Gasteiger partial charge in [-0.25, -0.2) is 4.79 Å². The number of hydrogen-bond acceptors (Lipinski definition) is 10. The average molecular weight is 991 g/mol. The van der Waals surface area contributed by atoms with E-state index in [9.17, 15) is 33.9 Å². The summed E-state index contributed by atoms with van der Waals surface area (Å²) in [6, 6.07) is 6.92. The fraction of sp³-hybridized carbons (Fsp3) is 0.733. The lowest BCUT2D eigenvalue weighted by atomic mass is 10.0. The highest BCUT2D eigenvalue weighted by Crippen LogP contribution is 2.15. The predicted molar refractivity (Wildman–Crippen MR) is 245 cm³/mol. The third kappa shape index (κ3) is 36.1. The maximum Gasteiger partial charge on any atom is 0.326 e. The molecule has 6 N–H and O–H groups in total. The molecule has 0 aliphatic heterocycles. The summed E-state index contributed by atoms with van der Waals surface area (Å²) < 4.78 is 22.4. The van der Waals surface area contributed by atoms with E-state index < -0.39 is 18.0 Å². The molecule has 1 aromatic carbocycles. The summed E-state index contributed by atoms with van der Waals surface area (Å²) in [4.78, 5) is 70.6. The van der Waals surface area contributed by atoms with Gasteiger partial charge in [-0.05, 0) is 30.4 Å². The number of carboxylic acids is 2. The second kappa shape index (κ2) is 40.4. The molecular formula is C45H75IN4O12. The van der Waals surface area contributed by atoms with Gasteiger partial charge in [-0.1, -0.05) is 137 Å². The Bertz CT molecular complexity index is 1350. The number of hydrogen-bond donors (Lipinski definition) is 6. The van der Waals surface area contributed by atoms with Crippen LogP contribution in [0.2, 0.25) is 0 Å². The van der Waals surface area contributed by atoms with Crippen molar-refractivity contribution in [3.05, 3.63) is 35.4 Å². The molecule has 0 bridgehead atoms. The lowest BCUT2D eigenvalue weighted by Crippen LogP contribution is -2.41. The first-order valence-corrected chi connectivity index (χ1v) is 24.1. The van der Waals surface area contributed by atoms with E-state index >= 15 is 0 Å². The van der Waals surface area contributed by atoms with Gasteiger partial charge in [0, 0.05) is 43.3 Å². The van der Waals surface area contributed by atoms with Gasteiger partial charge >= 0.3 is 11.9 Å². The summed E-state index contributed by atoms with van der Waals surface area (Å²) in [5.41, 5.74) is 2.25. The molecule has 0 radical (unpaired) electrons. The number of benzene rings is 1. The number of amides is 4. The number of unbranched alkanes of at least 4 members (excludes halogenated alkanes) is 15. The van der Waals surface area contributed by atoms with Crippen molar-refractivity contribution in [2.75, 3.05) is 65.9 Å². The van der Waals surface area contributed by atoms with E-state index in [4.69, 9.17) is 24.1 Å². The maximum absolute atomic E-state index is 12.3. The predicted octanol–water partition coefficient (Wildman–Crippen LogP) is 5.99. The van der Waals surface area contributed by atoms with Crippen molar-refractivity contribution >= 4 is 58.2 Å². The number of nitrogens with one attached hydrogen (secondary N) is 4. The number of rotatable bonds is 43. The molecule has 0 fully saturated rings. The summed E-state index contributed by atoms with van der Waals surface area (Å²) in [5, 5.41) is 28.9. The standard InChI is InChI=1S/C45H75IN4O12/c46-33-37-19-21-38(22-20-37)34-49-43(54)36-62-32-30-60-28-26-48-42(53)35-61-31-29-59-27-25-47-40(51)24-23-39(45(57)58)50-41(52)17-15-13-11-9-7-5-3-1-2-4-6-8-10-12-14-16-18-44(55)56/h19-22,39H,1-18,23-36H2,(H,47,51)(H,48,53)(H,49,54)(H,50,52)(H,55,56)(H,57,58)/t39-/m0/s1. The minimum Gasteiger partial charge on any atom is -0.481 e. The first-order valence-electron chi connectivity index (χ1n) is 22.6. The number of carboxylic acid groups (broad SMARTS) is 2. The zero-order valence-corrected chi connectivity index (χ0v) is 39.0. The van der Waals surface area contributed by atoms with Gasteiger partial charge in [-0.15, -0.1) is 0 Å². The van der Waals surface area contributed by atoms with Crippen LogP contribution in [0, 0.1) is 0 Å². The fourth-order valence-electron chi connectivity index (χ4n) is 6.27. The van der Waals surface area contributed by atoms with Crippen LogP contribution >= 0.6 is 22.6 Å². The monoisotopic (exact) mass is 990 g/mol. The second-order valence-electron chi connectivity index (χ2n) is 15.3. The number of ether oxygens (including phenoxy) is 4. The molecule has 1 rings (SSSR count). The summed E-state index contributed by atoms with van der Waals surface area (Å²) in [7, 11) is 0. The van der Waals surface area contributed by atoms with Crippen molar-refractivity contribution in [3.8, 4) is 0 Å². The van der Waals surface area contributed by atoms with Crippen molar-refractivity contribution in [2.24, 2.45) is 0 Å². The first-order chi connectivity index (χ1) is 30.1. The van der Waals surface area contributed by atoms with Crippen molar-refractivity contribution in [3.63, 3.8) is 0 Å². The molecule has 1 aromatic rings. The van der Waals surface area contributed by atoms with Gasteiger partial charge in [-0.3, -0.25) is 24.0 Å². The topological polar surface area (TPSA) is 228 Å². The molecule has 16 nitrogen and oxygen atoms in total. The molecule has 1 atom stereocenters. The first kappa shape index (κ1) is 56.6. The third-order valence-electron chi connectivity index (χ3n) is 9.85. The highest BCUT2D eigenvalue weighted by molar-refractivity contribution is 14.1. The van der Waals surface area contributed by atoms with E-state index in [2.05, 4.69) is 43.9 Å². The summed E-state index contributed by atoms with van der Waals surface area (Å²) in [6.45, 7) is 2.15. The fourth-order valence-corrected chi connectivity index (χ4v) is 6.78. The van der Waals surface area contributed by atoms with Crippen LogP contribution < -0.4 is 21.3 Å². The van der Waals surface area contributed by atoms with E-state index in [0.29, 0.717) is 19.5 Å². The Morgan fingerprint density at radius 2 is 0.903 bits per heavy atom. The molecule has 0 heterocycles. The number of carbonyl (C=O) groups is 6. The van der Waals surface area contributed by atoms with Crippen molar-refractivity contribution in [2.45, 2.75) is 145 Å². The number of halogens is 1. The molecule has 0 saturated carbocycles. The van der Waals surface area contributed by atoms with Gasteiger partial charge in [0.2, 0.25) is 23.6 Å². The van der Waals surface area contributed by atoms with Gasteiger partial charge in [0.1, 0.15) is 19.3 Å². The molecular weight excluding hydrogens is 915 g/mol. The molecule has 4 amide bonds. The van der Waals surface area contributed by atoms with E-state index in [0.717, 1.165) is 48.5 Å². The van der Waals surface area contributed by atoms with Crippen LogP contribution in [0.1, 0.15) is 140 Å². The molecule has 0 aliphatic rings. The quantitative estimate of drug-likeness (QED) is 0.0252. The van der Waals surface area contributed by atoms with E-state index in [1.807, 2.05) is 24.3 Å². The van der Waals surface area contributed by atoms with E-state index in [1.54, 1.807) is 0 Å². The van der Waals surface area contributed by atoms with Crippen LogP contribution in [0.3, 0.4) is 0 Å². The normalized spacial score (nSPS) is 11.5. The molecule has 0 saturated heterocycles. The SMILES string of the molecule is O=C(O)CCCCCCCCCCCCCCCCCCC(=O)N[C@@H](CCC(=O)NCCOCCOCC(=O)NCCOCCOCC(=O)NCc1ccc(CI)cc1)C(=O)O. The van der Waals surface area contributed by atoms with Crippen LogP contribution in [-0.4, -0.2) is 118 Å². The van der Waals surface area contributed by atoms with Gasteiger partial charge in [0.15, 0.2) is 0 Å². The van der Waals surface area contributed by atoms with Crippen LogP contribution in [-0.2, 0) is 58.7 Å². The van der Waals surface area contributed by atoms with Crippen molar-refractivity contribution in [1.29, 1.82) is 0 Å². The summed E-state index contributed by atoms with van der Waals surface area (Å²) >= 11 is 2.30. The Morgan fingerprint density at radius 3 is 1.37 bits per heavy atom. The van der Waals surface area contributed by atoms with Crippen molar-refractivity contribution in [1.82, 2.24) is 21.3 Å². The Hall–Kier alpha value is -3.39. The number of aliphatic carboxylic acids is 2. The van der Waals surface area contributed by atoms with Gasteiger partial charge in [0.05, 0.1) is 39.6 Å². The van der Waals surface area contributed by atoms with E-state index in [-0.39, 0.29) is 109 Å². The van der Waals surface area contributed by atoms with Crippen LogP contribution in [0.4, 0.5) is 0 Å². The zero-order chi connectivity index (χ0) is 45.3. The second-order valence-corrected chi connectivity index (χ2v) is 16.1. The maximum atomic E-state index is 12.3. The molecule has 0 spiro atoms. The Morgan fingerprint density at radius 1 is 0.484 bits per heavy atom. The van der Waals surface area contributed by atoms with Crippen molar-refractivity contribution < 1.29 is 57.9 Å². The third-order valence-corrected chi connectivity index (χ3v) is 10.7. The molecule has 0 aromatic heterocycles. The lowest BCUT2D eigenvalue weighted by Gasteiger charge is -2.14. The molecule has 354 valence electrons. The smallest absolute Gasteiger partial charge is 0.326 e. The van der Waals surface area contributed by atoms with Crippen LogP contribution in [0.15, 0.2) is 24.3 Å². The van der Waals surface area contributed by atoms with Crippen LogP contribution in [0.25, 0.3) is 0 Å². The zero-order valence-electron chi connectivity index (χ0n) is 36.9. The van der Waals surface area contributed by atoms with Crippen LogP contribution in [0.5, 0.6) is 0 Å². The summed E-state index contributed by atoms with van der Waals surface area (Å²) in [5.74, 6) is -3.06. The Balaban J connectivity index is 1.90. The Labute approximate surface area is 382 Å². The molecule has 62 heavy (non-hydrogen) atoms.